The average Bonchev–Trinajstić information content (AvgIpc) is 3.48. The molecular formula is C78H96. The predicted octanol–water partition coefficient (Wildman–Crippen LogP) is 23.3. The Kier molecular flexibility index (Phi) is 33.2. The number of hydrogen-bond donors (Lipinski definition) is 0. The summed E-state index contributed by atoms with van der Waals surface area (Å²) in [6.45, 7) is 35.6. The monoisotopic (exact) mass is 1030 g/mol. The topological polar surface area (TPSA) is 0 Å². The third kappa shape index (κ3) is 25.5. The normalized spacial score (nSPS) is 11.2. The molecule has 0 heteroatoms. The quantitative estimate of drug-likeness (QED) is 0.161. The third-order valence-corrected chi connectivity index (χ3v) is 12.6. The summed E-state index contributed by atoms with van der Waals surface area (Å²) in [6.07, 6.45) is 10.8. The molecule has 0 nitrogen and oxygen atoms in total. The minimum Gasteiger partial charge on any atom is -0.0840 e. The fourth-order valence-corrected chi connectivity index (χ4v) is 8.04. The summed E-state index contributed by atoms with van der Waals surface area (Å²) in [5.41, 5.74) is 24.0. The number of rotatable bonds is 5. The summed E-state index contributed by atoms with van der Waals surface area (Å²) in [4.78, 5) is 0. The van der Waals surface area contributed by atoms with Crippen molar-refractivity contribution in [2.75, 3.05) is 0 Å². The van der Waals surface area contributed by atoms with Crippen LogP contribution in [0, 0.1) is 75.2 Å². The van der Waals surface area contributed by atoms with Gasteiger partial charge in [0.25, 0.3) is 0 Å². The van der Waals surface area contributed by atoms with Crippen LogP contribution in [0.15, 0.2) is 243 Å². The molecule has 0 aromatic heterocycles. The van der Waals surface area contributed by atoms with Crippen molar-refractivity contribution in [1.82, 2.24) is 0 Å². The van der Waals surface area contributed by atoms with Crippen molar-refractivity contribution >= 4 is 0 Å². The van der Waals surface area contributed by atoms with Crippen LogP contribution < -0.4 is 0 Å². The Bertz CT molecular complexity index is 3000. The molecule has 0 saturated heterocycles. The van der Waals surface area contributed by atoms with Gasteiger partial charge in [0, 0.05) is 0 Å². The second-order valence-electron chi connectivity index (χ2n) is 19.3. The molecule has 0 saturated carbocycles. The van der Waals surface area contributed by atoms with Crippen molar-refractivity contribution in [3.05, 3.63) is 309 Å². The first-order valence-electron chi connectivity index (χ1n) is 28.6. The highest BCUT2D eigenvalue weighted by molar-refractivity contribution is 5.72. The van der Waals surface area contributed by atoms with E-state index < -0.39 is 0 Å². The predicted molar refractivity (Wildman–Crippen MR) is 351 cm³/mol. The van der Waals surface area contributed by atoms with Crippen molar-refractivity contribution in [2.45, 2.75) is 131 Å². The fourth-order valence-electron chi connectivity index (χ4n) is 8.04. The van der Waals surface area contributed by atoms with E-state index in [1.807, 2.05) is 65.8 Å². The van der Waals surface area contributed by atoms with Crippen molar-refractivity contribution in [2.24, 2.45) is 5.92 Å². The molecule has 1 aliphatic rings. The molecule has 78 heavy (non-hydrogen) atoms. The van der Waals surface area contributed by atoms with Gasteiger partial charge in [0.2, 0.25) is 0 Å². The van der Waals surface area contributed by atoms with Crippen LogP contribution in [-0.2, 0) is 6.42 Å². The molecule has 0 fully saturated rings. The lowest BCUT2D eigenvalue weighted by molar-refractivity contribution is 0.737. The SMILES string of the molecule is CC.CC.CC.CC1C=CC=CC1.Cc1ccc(-c2ccccc2)cc1.Cc1ccc(C)c(-c2ccccc2C)c1.Cc1ccc(C)cc1.Cc1ccc(Cc2ccc(C)c(-c3ccccc3C)c2)cc1.Cc1ccccc1. The summed E-state index contributed by atoms with van der Waals surface area (Å²) in [5, 5.41) is 0. The van der Waals surface area contributed by atoms with Crippen LogP contribution in [0.1, 0.15) is 122 Å². The largest absolute Gasteiger partial charge is 0.0840 e. The van der Waals surface area contributed by atoms with Gasteiger partial charge < -0.3 is 0 Å². The molecule has 0 radical (unpaired) electrons. The van der Waals surface area contributed by atoms with E-state index in [1.165, 1.54) is 107 Å². The molecule has 0 amide bonds. The van der Waals surface area contributed by atoms with E-state index in [1.54, 1.807) is 0 Å². The standard InChI is InChI=1S/C22H22.C15H16.C13H12.C8H10.C7H10.C7H8.3C2H6/c1-16-8-11-19(12-9-16)14-20-13-10-18(3)22(15-20)21-7-5-4-6-17(21)2;1-11-8-9-13(3)15(10-11)14-7-5-4-6-12(14)2;1-11-7-9-13(10-8-11)12-5-3-2-4-6-12;1-7-3-5-8(2)6-4-7;2*1-7-5-3-2-4-6-7;3*1-2/h4-13,15H,14H2,1-3H3;4-10H,1-3H3;2-10H,1H3;3-6H,1-2H3;2-5,7H,6H2,1H3;2-6H,1H3;3*1-2H3. The zero-order chi connectivity index (χ0) is 57.7. The van der Waals surface area contributed by atoms with Crippen LogP contribution in [0.4, 0.5) is 0 Å². The summed E-state index contributed by atoms with van der Waals surface area (Å²) in [5.74, 6) is 0.769. The second-order valence-corrected chi connectivity index (χ2v) is 19.3. The summed E-state index contributed by atoms with van der Waals surface area (Å²) < 4.78 is 0. The van der Waals surface area contributed by atoms with Crippen molar-refractivity contribution in [3.63, 3.8) is 0 Å². The number of hydrogen-bond acceptors (Lipinski definition) is 0. The third-order valence-electron chi connectivity index (χ3n) is 12.6. The number of aryl methyl sites for hydroxylation is 10. The van der Waals surface area contributed by atoms with E-state index in [2.05, 4.69) is 295 Å². The van der Waals surface area contributed by atoms with E-state index in [0.717, 1.165) is 12.3 Å². The number of allylic oxidation sites excluding steroid dienone is 4. The van der Waals surface area contributed by atoms with Gasteiger partial charge in [0.15, 0.2) is 0 Å². The lowest BCUT2D eigenvalue weighted by atomic mass is 9.93. The molecule has 0 N–H and O–H groups in total. The fraction of sp³-hybridized carbons (Fsp3) is 0.256. The zero-order valence-corrected chi connectivity index (χ0v) is 51.1. The first-order chi connectivity index (χ1) is 37.7. The van der Waals surface area contributed by atoms with Gasteiger partial charge in [-0.25, -0.2) is 0 Å². The lowest BCUT2D eigenvalue weighted by Gasteiger charge is -2.12. The van der Waals surface area contributed by atoms with E-state index in [-0.39, 0.29) is 0 Å². The van der Waals surface area contributed by atoms with E-state index in [9.17, 15) is 0 Å². The maximum absolute atomic E-state index is 2.34. The molecule has 1 atom stereocenters. The molecule has 1 aliphatic carbocycles. The van der Waals surface area contributed by atoms with Gasteiger partial charge in [-0.2, -0.15) is 0 Å². The minimum atomic E-state index is 0.769. The molecule has 0 heterocycles. The first-order valence-corrected chi connectivity index (χ1v) is 28.6. The molecule has 9 aromatic carbocycles. The smallest absolute Gasteiger partial charge is 0.00255 e. The van der Waals surface area contributed by atoms with Gasteiger partial charge in [0.05, 0.1) is 0 Å². The van der Waals surface area contributed by atoms with E-state index >= 15 is 0 Å². The molecule has 408 valence electrons. The van der Waals surface area contributed by atoms with Gasteiger partial charge in [-0.3, -0.25) is 0 Å². The van der Waals surface area contributed by atoms with Crippen molar-refractivity contribution in [1.29, 1.82) is 0 Å². The summed E-state index contributed by atoms with van der Waals surface area (Å²) in [7, 11) is 0. The Balaban J connectivity index is 0.000000329. The lowest BCUT2D eigenvalue weighted by Crippen LogP contribution is -1.92. The van der Waals surface area contributed by atoms with Crippen LogP contribution in [0.25, 0.3) is 33.4 Å². The van der Waals surface area contributed by atoms with Gasteiger partial charge >= 0.3 is 0 Å². The summed E-state index contributed by atoms with van der Waals surface area (Å²) >= 11 is 0. The molecular weight excluding hydrogens is 937 g/mol. The highest BCUT2D eigenvalue weighted by Gasteiger charge is 2.07. The Labute approximate surface area is 476 Å². The van der Waals surface area contributed by atoms with Gasteiger partial charge in [0.1, 0.15) is 0 Å². The summed E-state index contributed by atoms with van der Waals surface area (Å²) in [6, 6.07) is 77.2. The maximum Gasteiger partial charge on any atom is -0.00255 e. The van der Waals surface area contributed by atoms with Crippen molar-refractivity contribution in [3.8, 4) is 33.4 Å². The first kappa shape index (κ1) is 66.6. The van der Waals surface area contributed by atoms with Crippen LogP contribution >= 0.6 is 0 Å². The van der Waals surface area contributed by atoms with Gasteiger partial charge in [-0.1, -0.05) is 325 Å². The van der Waals surface area contributed by atoms with E-state index in [4.69, 9.17) is 0 Å². The van der Waals surface area contributed by atoms with Crippen LogP contribution in [0.3, 0.4) is 0 Å². The van der Waals surface area contributed by atoms with Crippen LogP contribution in [0.2, 0.25) is 0 Å². The van der Waals surface area contributed by atoms with Gasteiger partial charge in [-0.15, -0.1) is 0 Å². The van der Waals surface area contributed by atoms with Crippen LogP contribution in [-0.4, -0.2) is 0 Å². The molecule has 10 rings (SSSR count). The molecule has 0 spiro atoms. The van der Waals surface area contributed by atoms with Crippen LogP contribution in [0.5, 0.6) is 0 Å². The molecule has 0 aliphatic heterocycles. The second kappa shape index (κ2) is 38.9. The highest BCUT2D eigenvalue weighted by atomic mass is 14.1. The highest BCUT2D eigenvalue weighted by Crippen LogP contribution is 2.29. The maximum atomic E-state index is 2.34. The minimum absolute atomic E-state index is 0.769. The Morgan fingerprint density at radius 2 is 0.641 bits per heavy atom. The Morgan fingerprint density at radius 3 is 1.05 bits per heavy atom. The van der Waals surface area contributed by atoms with Gasteiger partial charge in [-0.05, 0) is 155 Å². The average molecular weight is 1030 g/mol. The Hall–Kier alpha value is -7.54. The van der Waals surface area contributed by atoms with Crippen molar-refractivity contribution < 1.29 is 0 Å². The Morgan fingerprint density at radius 1 is 0.295 bits per heavy atom. The molecule has 9 aromatic rings. The number of benzene rings is 9. The zero-order valence-electron chi connectivity index (χ0n) is 51.1. The molecule has 1 unspecified atom stereocenters. The van der Waals surface area contributed by atoms with E-state index in [0.29, 0.717) is 0 Å². The molecule has 0 bridgehead atoms.